The van der Waals surface area contributed by atoms with E-state index in [-0.39, 0.29) is 16.4 Å². The molecule has 0 N–H and O–H groups in total. The molecule has 2 aromatic rings. The maximum atomic E-state index is 12.3. The van der Waals surface area contributed by atoms with Gasteiger partial charge < -0.3 is 0 Å². The predicted molar refractivity (Wildman–Crippen MR) is 73.8 cm³/mol. The Kier molecular flexibility index (Phi) is 3.81. The summed E-state index contributed by atoms with van der Waals surface area (Å²) in [6.45, 7) is 1.44. The molecule has 4 heteroatoms. The second-order valence-corrected chi connectivity index (χ2v) is 6.28. The number of hydrogen-bond acceptors (Lipinski definition) is 3. The monoisotopic (exact) mass is 274 g/mol. The molecule has 0 aliphatic carbocycles. The number of ketones is 1. The number of rotatable bonds is 4. The summed E-state index contributed by atoms with van der Waals surface area (Å²) in [5, 5.41) is 0. The minimum atomic E-state index is -3.42. The first kappa shape index (κ1) is 13.5. The van der Waals surface area contributed by atoms with Crippen LogP contribution in [0.3, 0.4) is 0 Å². The van der Waals surface area contributed by atoms with Crippen LogP contribution < -0.4 is 0 Å². The zero-order valence-electron chi connectivity index (χ0n) is 10.5. The average Bonchev–Trinajstić information content (AvgIpc) is 2.39. The molecule has 0 radical (unpaired) electrons. The Morgan fingerprint density at radius 1 is 0.947 bits per heavy atom. The van der Waals surface area contributed by atoms with Crippen LogP contribution in [0.4, 0.5) is 0 Å². The van der Waals surface area contributed by atoms with E-state index in [0.29, 0.717) is 11.1 Å². The molecule has 3 nitrogen and oxygen atoms in total. The molecule has 98 valence electrons. The molecule has 0 saturated carbocycles. The Hall–Kier alpha value is -1.94. The summed E-state index contributed by atoms with van der Waals surface area (Å²) in [5.41, 5.74) is 1.00. The van der Waals surface area contributed by atoms with E-state index >= 15 is 0 Å². The van der Waals surface area contributed by atoms with Crippen molar-refractivity contribution in [3.63, 3.8) is 0 Å². The van der Waals surface area contributed by atoms with Gasteiger partial charge >= 0.3 is 0 Å². The largest absolute Gasteiger partial charge is 0.295 e. The van der Waals surface area contributed by atoms with Crippen LogP contribution in [-0.2, 0) is 15.6 Å². The zero-order valence-corrected chi connectivity index (χ0v) is 11.4. The van der Waals surface area contributed by atoms with Crippen LogP contribution >= 0.6 is 0 Å². The molecule has 0 heterocycles. The van der Waals surface area contributed by atoms with Crippen LogP contribution in [0, 0.1) is 0 Å². The fourth-order valence-corrected chi connectivity index (χ4v) is 3.31. The van der Waals surface area contributed by atoms with Crippen LogP contribution in [0.15, 0.2) is 59.5 Å². The van der Waals surface area contributed by atoms with Crippen molar-refractivity contribution in [1.29, 1.82) is 0 Å². The summed E-state index contributed by atoms with van der Waals surface area (Å²) in [7, 11) is -3.42. The Labute approximate surface area is 112 Å². The Morgan fingerprint density at radius 2 is 1.53 bits per heavy atom. The lowest BCUT2D eigenvalue weighted by Crippen LogP contribution is -2.08. The second kappa shape index (κ2) is 5.36. The van der Waals surface area contributed by atoms with Gasteiger partial charge in [0.05, 0.1) is 10.6 Å². The molecule has 0 aliphatic rings. The maximum Gasteiger partial charge on any atom is 0.182 e. The fourth-order valence-electron chi connectivity index (χ4n) is 1.91. The molecular formula is C15H14O3S. The van der Waals surface area contributed by atoms with E-state index in [1.165, 1.54) is 6.92 Å². The third kappa shape index (κ3) is 3.09. The topological polar surface area (TPSA) is 51.2 Å². The average molecular weight is 274 g/mol. The summed E-state index contributed by atoms with van der Waals surface area (Å²) < 4.78 is 24.5. The molecule has 0 saturated heterocycles. The number of Topliss-reactive ketones (excluding diaryl/α,β-unsaturated/α-hetero) is 1. The van der Waals surface area contributed by atoms with Crippen molar-refractivity contribution >= 4 is 15.6 Å². The number of benzene rings is 2. The molecule has 19 heavy (non-hydrogen) atoms. The lowest BCUT2D eigenvalue weighted by Gasteiger charge is -2.08. The van der Waals surface area contributed by atoms with E-state index in [4.69, 9.17) is 0 Å². The van der Waals surface area contributed by atoms with E-state index in [0.717, 1.165) is 0 Å². The Balaban J connectivity index is 2.39. The van der Waals surface area contributed by atoms with Crippen LogP contribution in [0.25, 0.3) is 0 Å². The van der Waals surface area contributed by atoms with Crippen LogP contribution in [0.2, 0.25) is 0 Å². The van der Waals surface area contributed by atoms with Crippen molar-refractivity contribution in [2.24, 2.45) is 0 Å². The van der Waals surface area contributed by atoms with Gasteiger partial charge in [-0.2, -0.15) is 0 Å². The Morgan fingerprint density at radius 3 is 2.16 bits per heavy atom. The first-order chi connectivity index (χ1) is 9.00. The van der Waals surface area contributed by atoms with Crippen molar-refractivity contribution in [3.8, 4) is 0 Å². The van der Waals surface area contributed by atoms with E-state index in [9.17, 15) is 13.2 Å². The second-order valence-electron chi connectivity index (χ2n) is 4.29. The molecule has 0 fully saturated rings. The standard InChI is InChI=1S/C15H14O3S/c1-12(16)15-10-6-5-7-13(15)11-19(17,18)14-8-3-2-4-9-14/h2-10H,11H2,1H3. The van der Waals surface area contributed by atoms with Crippen LogP contribution in [0.5, 0.6) is 0 Å². The third-order valence-electron chi connectivity index (χ3n) is 2.84. The predicted octanol–water partition coefficient (Wildman–Crippen LogP) is 2.86. The molecule has 0 amide bonds. The molecular weight excluding hydrogens is 260 g/mol. The van der Waals surface area contributed by atoms with Crippen LogP contribution in [0.1, 0.15) is 22.8 Å². The highest BCUT2D eigenvalue weighted by Gasteiger charge is 2.17. The minimum Gasteiger partial charge on any atom is -0.295 e. The zero-order chi connectivity index (χ0) is 13.9. The van der Waals surface area contributed by atoms with Gasteiger partial charge in [0.15, 0.2) is 15.6 Å². The van der Waals surface area contributed by atoms with Gasteiger partial charge in [0.1, 0.15) is 0 Å². The van der Waals surface area contributed by atoms with Gasteiger partial charge in [-0.05, 0) is 24.6 Å². The number of carbonyl (C=O) groups is 1. The van der Waals surface area contributed by atoms with Crippen molar-refractivity contribution in [2.45, 2.75) is 17.6 Å². The first-order valence-corrected chi connectivity index (χ1v) is 7.52. The molecule has 0 unspecified atom stereocenters. The van der Waals surface area contributed by atoms with E-state index in [2.05, 4.69) is 0 Å². The smallest absolute Gasteiger partial charge is 0.182 e. The molecule has 0 spiro atoms. The highest BCUT2D eigenvalue weighted by atomic mass is 32.2. The van der Waals surface area contributed by atoms with Gasteiger partial charge in [0.2, 0.25) is 0 Å². The van der Waals surface area contributed by atoms with Gasteiger partial charge in [-0.15, -0.1) is 0 Å². The van der Waals surface area contributed by atoms with Crippen LogP contribution in [-0.4, -0.2) is 14.2 Å². The van der Waals surface area contributed by atoms with E-state index in [1.54, 1.807) is 54.6 Å². The minimum absolute atomic E-state index is 0.126. The molecule has 0 bridgehead atoms. The quantitative estimate of drug-likeness (QED) is 0.805. The van der Waals surface area contributed by atoms with E-state index < -0.39 is 9.84 Å². The van der Waals surface area contributed by atoms with Gasteiger partial charge in [-0.25, -0.2) is 8.42 Å². The molecule has 2 aromatic carbocycles. The number of hydrogen-bond donors (Lipinski definition) is 0. The molecule has 0 aromatic heterocycles. The summed E-state index contributed by atoms with van der Waals surface area (Å²) >= 11 is 0. The molecule has 0 atom stereocenters. The number of sulfone groups is 1. The van der Waals surface area contributed by atoms with Crippen molar-refractivity contribution in [2.75, 3.05) is 0 Å². The van der Waals surface area contributed by atoms with Crippen molar-refractivity contribution in [3.05, 3.63) is 65.7 Å². The third-order valence-corrected chi connectivity index (χ3v) is 4.53. The SMILES string of the molecule is CC(=O)c1ccccc1CS(=O)(=O)c1ccccc1. The lowest BCUT2D eigenvalue weighted by atomic mass is 10.1. The maximum absolute atomic E-state index is 12.3. The summed E-state index contributed by atoms with van der Waals surface area (Å²) in [5.74, 6) is -0.286. The van der Waals surface area contributed by atoms with E-state index in [1.807, 2.05) is 0 Å². The Bertz CT molecular complexity index is 688. The molecule has 0 aliphatic heterocycles. The normalized spacial score (nSPS) is 11.2. The highest BCUT2D eigenvalue weighted by Crippen LogP contribution is 2.19. The summed E-state index contributed by atoms with van der Waals surface area (Å²) in [6.07, 6.45) is 0. The first-order valence-electron chi connectivity index (χ1n) is 5.87. The fraction of sp³-hybridized carbons (Fsp3) is 0.133. The van der Waals surface area contributed by atoms with Crippen molar-refractivity contribution < 1.29 is 13.2 Å². The molecule has 2 rings (SSSR count). The number of carbonyl (C=O) groups excluding carboxylic acids is 1. The highest BCUT2D eigenvalue weighted by molar-refractivity contribution is 7.90. The summed E-state index contributed by atoms with van der Waals surface area (Å²) in [6, 6.07) is 15.1. The van der Waals surface area contributed by atoms with Crippen molar-refractivity contribution in [1.82, 2.24) is 0 Å². The van der Waals surface area contributed by atoms with Gasteiger partial charge in [-0.3, -0.25) is 4.79 Å². The lowest BCUT2D eigenvalue weighted by molar-refractivity contribution is 0.101. The van der Waals surface area contributed by atoms with Gasteiger partial charge in [0, 0.05) is 5.56 Å². The summed E-state index contributed by atoms with van der Waals surface area (Å²) in [4.78, 5) is 11.8. The van der Waals surface area contributed by atoms with Gasteiger partial charge in [0.25, 0.3) is 0 Å². The van der Waals surface area contributed by atoms with Gasteiger partial charge in [-0.1, -0.05) is 42.5 Å².